The molecule has 0 aliphatic rings. The first-order valence-corrected chi connectivity index (χ1v) is 8.73. The zero-order valence-electron chi connectivity index (χ0n) is 15.6. The Labute approximate surface area is 158 Å². The fourth-order valence-corrected chi connectivity index (χ4v) is 2.78. The normalized spacial score (nSPS) is 12.7. The van der Waals surface area contributed by atoms with Gasteiger partial charge < -0.3 is 10.4 Å². The molecule has 0 spiro atoms. The van der Waals surface area contributed by atoms with Crippen molar-refractivity contribution in [1.82, 2.24) is 15.0 Å². The molecule has 0 saturated carbocycles. The predicted octanol–water partition coefficient (Wildman–Crippen LogP) is 5.15. The maximum absolute atomic E-state index is 9.71. The molecule has 2 aromatic heterocycles. The van der Waals surface area contributed by atoms with Gasteiger partial charge in [0.25, 0.3) is 0 Å². The average molecular weight is 358 g/mol. The van der Waals surface area contributed by atoms with Crippen molar-refractivity contribution in [2.45, 2.75) is 13.8 Å². The molecule has 3 rings (SSSR count). The molecule has 27 heavy (non-hydrogen) atoms. The highest BCUT2D eigenvalue weighted by Crippen LogP contribution is 2.28. The van der Waals surface area contributed by atoms with Gasteiger partial charge in [0.2, 0.25) is 0 Å². The Balaban J connectivity index is 2.16. The van der Waals surface area contributed by atoms with Crippen molar-refractivity contribution in [2.75, 3.05) is 12.4 Å². The minimum atomic E-state index is 0.253. The van der Waals surface area contributed by atoms with E-state index in [2.05, 4.69) is 20.3 Å². The molecule has 2 N–H and O–H groups in total. The van der Waals surface area contributed by atoms with Gasteiger partial charge in [0.1, 0.15) is 5.82 Å². The molecular weight excluding hydrogens is 336 g/mol. The zero-order valence-corrected chi connectivity index (χ0v) is 15.6. The van der Waals surface area contributed by atoms with Gasteiger partial charge in [0, 0.05) is 30.4 Å². The molecule has 0 atom stereocenters. The van der Waals surface area contributed by atoms with Crippen molar-refractivity contribution in [3.05, 3.63) is 78.4 Å². The average Bonchev–Trinajstić information content (AvgIpc) is 2.70. The van der Waals surface area contributed by atoms with Crippen molar-refractivity contribution in [2.24, 2.45) is 0 Å². The van der Waals surface area contributed by atoms with Crippen LogP contribution in [0, 0.1) is 0 Å². The summed E-state index contributed by atoms with van der Waals surface area (Å²) in [7, 11) is 1.84. The zero-order chi connectivity index (χ0) is 19.2. The van der Waals surface area contributed by atoms with Gasteiger partial charge in [-0.25, -0.2) is 9.97 Å². The van der Waals surface area contributed by atoms with Crippen LogP contribution in [0.5, 0.6) is 0 Å². The quantitative estimate of drug-likeness (QED) is 0.487. The van der Waals surface area contributed by atoms with E-state index < -0.39 is 0 Å². The van der Waals surface area contributed by atoms with Crippen molar-refractivity contribution < 1.29 is 5.11 Å². The molecule has 2 heterocycles. The van der Waals surface area contributed by atoms with Crippen LogP contribution >= 0.6 is 0 Å². The lowest BCUT2D eigenvalue weighted by Crippen LogP contribution is -1.99. The minimum absolute atomic E-state index is 0.253. The van der Waals surface area contributed by atoms with Crippen LogP contribution in [-0.4, -0.2) is 27.1 Å². The van der Waals surface area contributed by atoms with E-state index in [1.807, 2.05) is 62.5 Å². The summed E-state index contributed by atoms with van der Waals surface area (Å²) in [6.45, 7) is 3.61. The number of allylic oxidation sites excluding steroid dienone is 6. The SMILES string of the molecule is C\C=C/C=C(\C=C(/C)O)c1ccc2nc(-c3cccnc3)nc(NC)c2c1. The second-order valence-electron chi connectivity index (χ2n) is 6.05. The number of rotatable bonds is 5. The lowest BCUT2D eigenvalue weighted by atomic mass is 10.0. The van der Waals surface area contributed by atoms with E-state index in [-0.39, 0.29) is 5.76 Å². The first kappa shape index (κ1) is 18.3. The van der Waals surface area contributed by atoms with E-state index in [9.17, 15) is 5.11 Å². The highest BCUT2D eigenvalue weighted by atomic mass is 16.3. The predicted molar refractivity (Wildman–Crippen MR) is 111 cm³/mol. The highest BCUT2D eigenvalue weighted by molar-refractivity contribution is 5.94. The van der Waals surface area contributed by atoms with Crippen LogP contribution in [0.2, 0.25) is 0 Å². The third kappa shape index (κ3) is 4.20. The molecule has 5 heteroatoms. The van der Waals surface area contributed by atoms with Gasteiger partial charge in [0.05, 0.1) is 11.3 Å². The number of anilines is 1. The summed E-state index contributed by atoms with van der Waals surface area (Å²) >= 11 is 0. The molecule has 136 valence electrons. The Kier molecular flexibility index (Phi) is 5.61. The number of aliphatic hydroxyl groups is 1. The van der Waals surface area contributed by atoms with Gasteiger partial charge in [-0.3, -0.25) is 4.98 Å². The monoisotopic (exact) mass is 358 g/mol. The molecule has 0 amide bonds. The van der Waals surface area contributed by atoms with Gasteiger partial charge in [0.15, 0.2) is 5.82 Å². The second kappa shape index (κ2) is 8.27. The van der Waals surface area contributed by atoms with E-state index in [4.69, 9.17) is 0 Å². The van der Waals surface area contributed by atoms with Crippen molar-refractivity contribution in [3.8, 4) is 11.4 Å². The Hall–Kier alpha value is -3.47. The number of nitrogens with zero attached hydrogens (tertiary/aromatic N) is 3. The topological polar surface area (TPSA) is 70.9 Å². The van der Waals surface area contributed by atoms with Crippen LogP contribution in [0.3, 0.4) is 0 Å². The van der Waals surface area contributed by atoms with Gasteiger partial charge in [-0.2, -0.15) is 0 Å². The maximum Gasteiger partial charge on any atom is 0.163 e. The van der Waals surface area contributed by atoms with E-state index in [0.717, 1.165) is 33.4 Å². The summed E-state index contributed by atoms with van der Waals surface area (Å²) in [5, 5.41) is 13.8. The number of pyridine rings is 1. The molecule has 0 saturated heterocycles. The summed E-state index contributed by atoms with van der Waals surface area (Å²) in [4.78, 5) is 13.5. The van der Waals surface area contributed by atoms with E-state index in [1.54, 1.807) is 25.4 Å². The van der Waals surface area contributed by atoms with Crippen molar-refractivity contribution in [3.63, 3.8) is 0 Å². The summed E-state index contributed by atoms with van der Waals surface area (Å²) in [6.07, 6.45) is 11.1. The molecule has 0 fully saturated rings. The Bertz CT molecular complexity index is 1030. The molecule has 0 aliphatic carbocycles. The van der Waals surface area contributed by atoms with Crippen LogP contribution < -0.4 is 5.32 Å². The highest BCUT2D eigenvalue weighted by Gasteiger charge is 2.10. The van der Waals surface area contributed by atoms with Crippen LogP contribution in [-0.2, 0) is 0 Å². The third-order valence-corrected chi connectivity index (χ3v) is 4.02. The smallest absolute Gasteiger partial charge is 0.163 e. The number of hydrogen-bond acceptors (Lipinski definition) is 5. The van der Waals surface area contributed by atoms with Gasteiger partial charge in [-0.15, -0.1) is 0 Å². The van der Waals surface area contributed by atoms with Crippen molar-refractivity contribution >= 4 is 22.3 Å². The molecule has 3 aromatic rings. The van der Waals surface area contributed by atoms with Gasteiger partial charge in [-0.05, 0) is 55.3 Å². The number of aromatic nitrogens is 3. The van der Waals surface area contributed by atoms with Crippen LogP contribution in [0.25, 0.3) is 27.9 Å². The van der Waals surface area contributed by atoms with Gasteiger partial charge in [-0.1, -0.05) is 24.3 Å². The molecule has 1 aromatic carbocycles. The maximum atomic E-state index is 9.71. The number of hydrogen-bond donors (Lipinski definition) is 2. The first-order valence-electron chi connectivity index (χ1n) is 8.73. The third-order valence-electron chi connectivity index (χ3n) is 4.02. The minimum Gasteiger partial charge on any atom is -0.513 e. The van der Waals surface area contributed by atoms with Crippen LogP contribution in [0.1, 0.15) is 19.4 Å². The lowest BCUT2D eigenvalue weighted by Gasteiger charge is -2.10. The Morgan fingerprint density at radius 3 is 2.70 bits per heavy atom. The molecule has 0 bridgehead atoms. The molecule has 0 unspecified atom stereocenters. The second-order valence-corrected chi connectivity index (χ2v) is 6.05. The summed E-state index contributed by atoms with van der Waals surface area (Å²) < 4.78 is 0. The number of aliphatic hydroxyl groups excluding tert-OH is 1. The molecule has 5 nitrogen and oxygen atoms in total. The summed E-state index contributed by atoms with van der Waals surface area (Å²) in [5.41, 5.74) is 3.59. The number of nitrogens with one attached hydrogen (secondary N) is 1. The lowest BCUT2D eigenvalue weighted by molar-refractivity contribution is 0.415. The fourth-order valence-electron chi connectivity index (χ4n) is 2.78. The standard InChI is InChI=1S/C22H22N4O/c1-4-5-7-16(12-15(2)27)17-9-10-20-19(13-17)22(23-3)26-21(25-20)18-8-6-11-24-14-18/h4-14,27H,1-3H3,(H,23,25,26)/b5-4-,15-12+,16-7+. The number of benzene rings is 1. The van der Waals surface area contributed by atoms with Crippen LogP contribution in [0.4, 0.5) is 5.82 Å². The summed E-state index contributed by atoms with van der Waals surface area (Å²) in [5.74, 6) is 1.63. The molecular formula is C22H22N4O. The number of fused-ring (bicyclic) bond motifs is 1. The first-order chi connectivity index (χ1) is 13.1. The van der Waals surface area contributed by atoms with E-state index >= 15 is 0 Å². The van der Waals surface area contributed by atoms with E-state index in [1.165, 1.54) is 0 Å². The largest absolute Gasteiger partial charge is 0.513 e. The Morgan fingerprint density at radius 2 is 2.04 bits per heavy atom. The Morgan fingerprint density at radius 1 is 1.19 bits per heavy atom. The van der Waals surface area contributed by atoms with Crippen LogP contribution in [0.15, 0.2) is 72.8 Å². The fraction of sp³-hybridized carbons (Fsp3) is 0.136. The molecule has 0 radical (unpaired) electrons. The summed E-state index contributed by atoms with van der Waals surface area (Å²) in [6, 6.07) is 9.80. The van der Waals surface area contributed by atoms with Crippen molar-refractivity contribution in [1.29, 1.82) is 0 Å². The molecule has 0 aliphatic heterocycles. The van der Waals surface area contributed by atoms with E-state index in [0.29, 0.717) is 5.82 Å². The van der Waals surface area contributed by atoms with Gasteiger partial charge >= 0.3 is 0 Å².